The van der Waals surface area contributed by atoms with E-state index in [4.69, 9.17) is 0 Å². The van der Waals surface area contributed by atoms with Crippen molar-refractivity contribution in [3.05, 3.63) is 70.5 Å². The first-order chi connectivity index (χ1) is 13.6. The summed E-state index contributed by atoms with van der Waals surface area (Å²) in [5.74, 6) is 0.159. The van der Waals surface area contributed by atoms with Crippen molar-refractivity contribution in [2.75, 3.05) is 0 Å². The summed E-state index contributed by atoms with van der Waals surface area (Å²) in [5, 5.41) is 10.2. The fourth-order valence-electron chi connectivity index (χ4n) is 2.98. The molecule has 0 spiro atoms. The molecule has 0 aliphatic heterocycles. The summed E-state index contributed by atoms with van der Waals surface area (Å²) in [6, 6.07) is 8.98. The summed E-state index contributed by atoms with van der Waals surface area (Å²) in [4.78, 5) is 17.1. The van der Waals surface area contributed by atoms with Crippen molar-refractivity contribution in [3.8, 4) is 11.6 Å². The summed E-state index contributed by atoms with van der Waals surface area (Å²) < 4.78 is 39.8. The third-order valence-electron chi connectivity index (χ3n) is 4.12. The van der Waals surface area contributed by atoms with Crippen molar-refractivity contribution in [2.24, 2.45) is 5.92 Å². The fraction of sp³-hybridized carbons (Fsp3) is 0.300. The first-order valence-corrected chi connectivity index (χ1v) is 9.75. The number of benzene rings is 1. The van der Waals surface area contributed by atoms with E-state index in [1.54, 1.807) is 12.3 Å². The molecule has 0 radical (unpaired) electrons. The quantitative estimate of drug-likeness (QED) is 0.589. The normalized spacial score (nSPS) is 11.9. The number of aromatic hydroxyl groups is 1. The van der Waals surface area contributed by atoms with E-state index < -0.39 is 11.2 Å². The van der Waals surface area contributed by atoms with Crippen molar-refractivity contribution < 1.29 is 18.3 Å². The van der Waals surface area contributed by atoms with Crippen LogP contribution in [0.15, 0.2) is 58.5 Å². The van der Waals surface area contributed by atoms with Gasteiger partial charge < -0.3 is 5.11 Å². The lowest BCUT2D eigenvalue weighted by Gasteiger charge is -2.08. The Morgan fingerprint density at radius 1 is 1.17 bits per heavy atom. The average molecular weight is 423 g/mol. The van der Waals surface area contributed by atoms with Crippen LogP contribution >= 0.6 is 11.8 Å². The SMILES string of the molecule is CC(C)Cc1cc(Cn2cc(O)n(-c3ccc(SC(F)(F)F)cc3)c2=O)ccn1. The highest BCUT2D eigenvalue weighted by molar-refractivity contribution is 8.00. The number of alkyl halides is 3. The fourth-order valence-corrected chi connectivity index (χ4v) is 3.52. The zero-order valence-corrected chi connectivity index (χ0v) is 16.7. The first kappa shape index (κ1) is 21.0. The van der Waals surface area contributed by atoms with Crippen LogP contribution < -0.4 is 5.69 Å². The molecular formula is C20H20F3N3O2S. The topological polar surface area (TPSA) is 60.0 Å². The molecule has 0 aliphatic carbocycles. The molecule has 2 heterocycles. The first-order valence-electron chi connectivity index (χ1n) is 8.93. The van der Waals surface area contributed by atoms with Gasteiger partial charge in [0.1, 0.15) is 0 Å². The highest BCUT2D eigenvalue weighted by Gasteiger charge is 2.29. The molecule has 0 bridgehead atoms. The van der Waals surface area contributed by atoms with Crippen molar-refractivity contribution in [1.82, 2.24) is 14.1 Å². The van der Waals surface area contributed by atoms with E-state index in [-0.39, 0.29) is 34.8 Å². The lowest BCUT2D eigenvalue weighted by atomic mass is 10.1. The molecule has 0 unspecified atom stereocenters. The molecule has 0 amide bonds. The largest absolute Gasteiger partial charge is 0.493 e. The third-order valence-corrected chi connectivity index (χ3v) is 4.86. The minimum absolute atomic E-state index is 0.00249. The minimum atomic E-state index is -4.39. The van der Waals surface area contributed by atoms with Crippen molar-refractivity contribution in [1.29, 1.82) is 0 Å². The number of thioether (sulfide) groups is 1. The lowest BCUT2D eigenvalue weighted by Crippen LogP contribution is -2.23. The van der Waals surface area contributed by atoms with Crippen LogP contribution in [-0.4, -0.2) is 24.7 Å². The van der Waals surface area contributed by atoms with Crippen molar-refractivity contribution >= 4 is 11.8 Å². The van der Waals surface area contributed by atoms with Crippen LogP contribution in [0, 0.1) is 5.92 Å². The second-order valence-corrected chi connectivity index (χ2v) is 8.17. The van der Waals surface area contributed by atoms with Gasteiger partial charge in [0.25, 0.3) is 0 Å². The molecule has 5 nitrogen and oxygen atoms in total. The van der Waals surface area contributed by atoms with E-state index in [2.05, 4.69) is 18.8 Å². The summed E-state index contributed by atoms with van der Waals surface area (Å²) in [7, 11) is 0. The monoisotopic (exact) mass is 423 g/mol. The number of aromatic nitrogens is 3. The van der Waals surface area contributed by atoms with Crippen LogP contribution in [0.2, 0.25) is 0 Å². The molecular weight excluding hydrogens is 403 g/mol. The molecule has 1 N–H and O–H groups in total. The molecule has 0 fully saturated rings. The van der Waals surface area contributed by atoms with Gasteiger partial charge in [-0.3, -0.25) is 9.55 Å². The molecule has 1 aromatic carbocycles. The minimum Gasteiger partial charge on any atom is -0.493 e. The molecule has 0 aliphatic rings. The van der Waals surface area contributed by atoms with Crippen LogP contribution in [0.5, 0.6) is 5.88 Å². The zero-order chi connectivity index (χ0) is 21.2. The molecule has 0 atom stereocenters. The van der Waals surface area contributed by atoms with E-state index in [0.29, 0.717) is 5.92 Å². The predicted molar refractivity (Wildman–Crippen MR) is 105 cm³/mol. The molecule has 0 saturated carbocycles. The average Bonchev–Trinajstić information content (AvgIpc) is 2.88. The van der Waals surface area contributed by atoms with E-state index in [1.807, 2.05) is 6.07 Å². The molecule has 3 rings (SSSR count). The van der Waals surface area contributed by atoms with Crippen LogP contribution in [-0.2, 0) is 13.0 Å². The van der Waals surface area contributed by atoms with Crippen molar-refractivity contribution in [2.45, 2.75) is 37.2 Å². The maximum atomic E-state index is 12.7. The Bertz CT molecular complexity index is 1040. The Kier molecular flexibility index (Phi) is 6.07. The van der Waals surface area contributed by atoms with Crippen molar-refractivity contribution in [3.63, 3.8) is 0 Å². The van der Waals surface area contributed by atoms with Gasteiger partial charge in [-0.05, 0) is 66.1 Å². The van der Waals surface area contributed by atoms with Crippen LogP contribution in [0.1, 0.15) is 25.1 Å². The second-order valence-electron chi connectivity index (χ2n) is 7.03. The van der Waals surface area contributed by atoms with Gasteiger partial charge in [0.15, 0.2) is 0 Å². The van der Waals surface area contributed by atoms with Gasteiger partial charge in [-0.1, -0.05) is 13.8 Å². The van der Waals surface area contributed by atoms with E-state index in [1.165, 1.54) is 35.0 Å². The predicted octanol–water partition coefficient (Wildman–Crippen LogP) is 4.60. The summed E-state index contributed by atoms with van der Waals surface area (Å²) in [6.45, 7) is 4.43. The van der Waals surface area contributed by atoms with Gasteiger partial charge >= 0.3 is 11.2 Å². The van der Waals surface area contributed by atoms with E-state index in [9.17, 15) is 23.1 Å². The van der Waals surface area contributed by atoms with Gasteiger partial charge in [-0.15, -0.1) is 0 Å². The highest BCUT2D eigenvalue weighted by Crippen LogP contribution is 2.37. The van der Waals surface area contributed by atoms with Gasteiger partial charge in [-0.2, -0.15) is 13.2 Å². The van der Waals surface area contributed by atoms with E-state index in [0.717, 1.165) is 22.2 Å². The van der Waals surface area contributed by atoms with E-state index >= 15 is 0 Å². The number of imidazole rings is 1. The number of halogens is 3. The molecule has 3 aromatic rings. The van der Waals surface area contributed by atoms with Crippen LogP contribution in [0.4, 0.5) is 13.2 Å². The molecule has 154 valence electrons. The van der Waals surface area contributed by atoms with Gasteiger partial charge in [-0.25, -0.2) is 9.36 Å². The number of hydrogen-bond donors (Lipinski definition) is 1. The standard InChI is InChI=1S/C20H20F3N3O2S/c1-13(2)9-15-10-14(7-8-24-15)11-25-12-18(27)26(19(25)28)16-3-5-17(6-4-16)29-20(21,22)23/h3-8,10,12-13,27H,9,11H2,1-2H3. The number of rotatable bonds is 6. The Morgan fingerprint density at radius 2 is 1.86 bits per heavy atom. The Labute approximate surface area is 169 Å². The molecule has 0 saturated heterocycles. The number of pyridine rings is 1. The molecule has 2 aromatic heterocycles. The number of nitrogens with zero attached hydrogens (tertiary/aromatic N) is 3. The summed E-state index contributed by atoms with van der Waals surface area (Å²) >= 11 is -0.236. The Hall–Kier alpha value is -2.68. The van der Waals surface area contributed by atoms with Gasteiger partial charge in [0.2, 0.25) is 5.88 Å². The van der Waals surface area contributed by atoms with Crippen LogP contribution in [0.3, 0.4) is 0 Å². The van der Waals surface area contributed by atoms with Crippen LogP contribution in [0.25, 0.3) is 5.69 Å². The Morgan fingerprint density at radius 3 is 2.48 bits per heavy atom. The number of hydrogen-bond acceptors (Lipinski definition) is 4. The highest BCUT2D eigenvalue weighted by atomic mass is 32.2. The maximum absolute atomic E-state index is 12.7. The lowest BCUT2D eigenvalue weighted by molar-refractivity contribution is -0.0328. The van der Waals surface area contributed by atoms with Gasteiger partial charge in [0.05, 0.1) is 18.4 Å². The smallest absolute Gasteiger partial charge is 0.446 e. The molecule has 9 heteroatoms. The van der Waals surface area contributed by atoms with Gasteiger partial charge in [0, 0.05) is 16.8 Å². The third kappa shape index (κ3) is 5.44. The maximum Gasteiger partial charge on any atom is 0.446 e. The zero-order valence-electron chi connectivity index (χ0n) is 15.8. The summed E-state index contributed by atoms with van der Waals surface area (Å²) in [6.07, 6.45) is 3.81. The Balaban J connectivity index is 1.85. The second kappa shape index (κ2) is 8.36. The molecule has 29 heavy (non-hydrogen) atoms. The summed E-state index contributed by atoms with van der Waals surface area (Å²) in [5.41, 5.74) is -2.80.